The molecule has 2 rings (SSSR count). The van der Waals surface area contributed by atoms with E-state index >= 15 is 0 Å². The molecule has 1 N–H and O–H groups in total. The zero-order chi connectivity index (χ0) is 15.6. The Morgan fingerprint density at radius 1 is 1.29 bits per heavy atom. The summed E-state index contributed by atoms with van der Waals surface area (Å²) < 4.78 is 26.8. The van der Waals surface area contributed by atoms with E-state index in [1.54, 1.807) is 0 Å². The highest BCUT2D eigenvalue weighted by Gasteiger charge is 2.42. The zero-order valence-electron chi connectivity index (χ0n) is 13.1. The molecule has 0 spiro atoms. The number of hydrogen-bond acceptors (Lipinski definition) is 2. The summed E-state index contributed by atoms with van der Waals surface area (Å²) in [6.07, 6.45) is 3.53. The Bertz CT molecular complexity index is 482. The van der Waals surface area contributed by atoms with Gasteiger partial charge >= 0.3 is 0 Å². The van der Waals surface area contributed by atoms with Crippen molar-refractivity contribution in [3.05, 3.63) is 35.4 Å². The van der Waals surface area contributed by atoms with E-state index in [1.807, 2.05) is 14.1 Å². The highest BCUT2D eigenvalue weighted by atomic mass is 19.1. The molecule has 1 aromatic carbocycles. The van der Waals surface area contributed by atoms with E-state index in [-0.39, 0.29) is 12.0 Å². The third-order valence-corrected chi connectivity index (χ3v) is 5.08. The summed E-state index contributed by atoms with van der Waals surface area (Å²) in [5.41, 5.74) is 0.0663. The van der Waals surface area contributed by atoms with Crippen molar-refractivity contribution in [2.45, 2.75) is 50.7 Å². The lowest BCUT2D eigenvalue weighted by molar-refractivity contribution is -0.0385. The summed E-state index contributed by atoms with van der Waals surface area (Å²) in [6.45, 7) is 2.23. The largest absolute Gasteiger partial charge is 0.391 e. The summed E-state index contributed by atoms with van der Waals surface area (Å²) in [4.78, 5) is 2.07. The van der Waals surface area contributed by atoms with Crippen LogP contribution in [0.25, 0.3) is 0 Å². The molecular weight excluding hydrogens is 272 g/mol. The van der Waals surface area contributed by atoms with Crippen LogP contribution < -0.4 is 0 Å². The smallest absolute Gasteiger partial charge is 0.129 e. The Balaban J connectivity index is 2.17. The number of likely N-dealkylation sites (N-methyl/N-ethyl adjacent to an activating group) is 1. The molecule has 21 heavy (non-hydrogen) atoms. The highest BCUT2D eigenvalue weighted by molar-refractivity contribution is 5.20. The van der Waals surface area contributed by atoms with Gasteiger partial charge in [0, 0.05) is 18.0 Å². The third kappa shape index (κ3) is 3.43. The minimum Gasteiger partial charge on any atom is -0.391 e. The first kappa shape index (κ1) is 16.4. The van der Waals surface area contributed by atoms with Crippen LogP contribution in [0.1, 0.15) is 38.2 Å². The van der Waals surface area contributed by atoms with E-state index in [0.717, 1.165) is 31.7 Å². The van der Waals surface area contributed by atoms with Crippen molar-refractivity contribution in [3.63, 3.8) is 0 Å². The topological polar surface area (TPSA) is 23.5 Å². The fourth-order valence-electron chi connectivity index (χ4n) is 3.43. The fourth-order valence-corrected chi connectivity index (χ4v) is 3.43. The van der Waals surface area contributed by atoms with Gasteiger partial charge in [-0.3, -0.25) is 0 Å². The Hall–Kier alpha value is -1.00. The molecule has 1 saturated carbocycles. The summed E-state index contributed by atoms with van der Waals surface area (Å²) in [6, 6.07) is 3.56. The van der Waals surface area contributed by atoms with Crippen molar-refractivity contribution < 1.29 is 13.9 Å². The number of aliphatic hydroxyl groups is 1. The zero-order valence-corrected chi connectivity index (χ0v) is 13.1. The summed E-state index contributed by atoms with van der Waals surface area (Å²) in [5.74, 6) is -0.487. The van der Waals surface area contributed by atoms with Crippen molar-refractivity contribution >= 4 is 0 Å². The molecule has 1 unspecified atom stereocenters. The van der Waals surface area contributed by atoms with E-state index in [4.69, 9.17) is 0 Å². The molecule has 1 aliphatic rings. The first-order chi connectivity index (χ1) is 9.85. The maximum atomic E-state index is 13.8. The van der Waals surface area contributed by atoms with Crippen molar-refractivity contribution in [2.24, 2.45) is 5.92 Å². The van der Waals surface area contributed by atoms with Gasteiger partial charge in [0.05, 0.1) is 6.10 Å². The molecule has 0 radical (unpaired) electrons. The predicted molar refractivity (Wildman–Crippen MR) is 80.1 cm³/mol. The number of benzene rings is 1. The second-order valence-electron chi connectivity index (χ2n) is 6.64. The average molecular weight is 297 g/mol. The van der Waals surface area contributed by atoms with Crippen LogP contribution in [0.4, 0.5) is 8.78 Å². The first-order valence-corrected chi connectivity index (χ1v) is 7.64. The summed E-state index contributed by atoms with van der Waals surface area (Å²) in [5, 5.41) is 10.7. The van der Waals surface area contributed by atoms with Crippen molar-refractivity contribution in [3.8, 4) is 0 Å². The average Bonchev–Trinajstić information content (AvgIpc) is 2.42. The Labute approximate surface area is 125 Å². The lowest BCUT2D eigenvalue weighted by Gasteiger charge is -2.47. The van der Waals surface area contributed by atoms with E-state index in [1.165, 1.54) is 12.1 Å². The molecule has 0 aromatic heterocycles. The molecule has 1 aliphatic carbocycles. The Kier molecular flexibility index (Phi) is 4.99. The van der Waals surface area contributed by atoms with Crippen molar-refractivity contribution in [1.82, 2.24) is 4.90 Å². The van der Waals surface area contributed by atoms with Crippen LogP contribution in [0.2, 0.25) is 0 Å². The number of halogens is 2. The monoisotopic (exact) mass is 297 g/mol. The van der Waals surface area contributed by atoms with Gasteiger partial charge < -0.3 is 10.0 Å². The van der Waals surface area contributed by atoms with Crippen LogP contribution in [-0.4, -0.2) is 35.7 Å². The normalized spacial score (nSPS) is 27.9. The minimum atomic E-state index is -0.653. The standard InChI is InChI=1S/C17H25F2NO/c1-12-6-8-17(9-7-12,20(2)3)16(21)10-13-4-5-14(18)11-15(13)19/h4-5,11-12,16,21H,6-10H2,1-3H3. The minimum absolute atomic E-state index is 0.221. The van der Waals surface area contributed by atoms with Gasteiger partial charge in [-0.25, -0.2) is 8.78 Å². The highest BCUT2D eigenvalue weighted by Crippen LogP contribution is 2.38. The van der Waals surface area contributed by atoms with Crippen LogP contribution in [0.5, 0.6) is 0 Å². The Morgan fingerprint density at radius 2 is 1.90 bits per heavy atom. The second kappa shape index (κ2) is 6.41. The van der Waals surface area contributed by atoms with Crippen LogP contribution in [0.3, 0.4) is 0 Å². The van der Waals surface area contributed by atoms with Crippen LogP contribution in [0, 0.1) is 17.6 Å². The molecule has 1 fully saturated rings. The molecule has 0 heterocycles. The van der Waals surface area contributed by atoms with Crippen LogP contribution in [-0.2, 0) is 6.42 Å². The lowest BCUT2D eigenvalue weighted by Crippen LogP contribution is -2.56. The van der Waals surface area contributed by atoms with Gasteiger partial charge in [-0.2, -0.15) is 0 Å². The molecule has 1 atom stereocenters. The molecule has 0 saturated heterocycles. The third-order valence-electron chi connectivity index (χ3n) is 5.08. The summed E-state index contributed by atoms with van der Waals surface area (Å²) >= 11 is 0. The van der Waals surface area contributed by atoms with E-state index in [0.29, 0.717) is 11.5 Å². The quantitative estimate of drug-likeness (QED) is 0.921. The molecule has 0 bridgehead atoms. The molecule has 0 amide bonds. The molecule has 1 aromatic rings. The van der Waals surface area contributed by atoms with Gasteiger partial charge in [-0.15, -0.1) is 0 Å². The molecule has 2 nitrogen and oxygen atoms in total. The van der Waals surface area contributed by atoms with Crippen molar-refractivity contribution in [1.29, 1.82) is 0 Å². The number of rotatable bonds is 4. The number of hydrogen-bond donors (Lipinski definition) is 1. The van der Waals surface area contributed by atoms with E-state index < -0.39 is 17.7 Å². The van der Waals surface area contributed by atoms with Crippen LogP contribution >= 0.6 is 0 Å². The number of aliphatic hydroxyl groups excluding tert-OH is 1. The van der Waals surface area contributed by atoms with Gasteiger partial charge in [0.25, 0.3) is 0 Å². The maximum absolute atomic E-state index is 13.8. The predicted octanol–water partition coefficient (Wildman–Crippen LogP) is 3.38. The maximum Gasteiger partial charge on any atom is 0.129 e. The van der Waals surface area contributed by atoms with Gasteiger partial charge in [0.1, 0.15) is 11.6 Å². The molecule has 4 heteroatoms. The summed E-state index contributed by atoms with van der Waals surface area (Å²) in [7, 11) is 3.94. The lowest BCUT2D eigenvalue weighted by atomic mass is 9.72. The molecule has 118 valence electrons. The van der Waals surface area contributed by atoms with E-state index in [9.17, 15) is 13.9 Å². The SMILES string of the molecule is CC1CCC(C(O)Cc2ccc(F)cc2F)(N(C)C)CC1. The molecular formula is C17H25F2NO. The first-order valence-electron chi connectivity index (χ1n) is 7.64. The van der Waals surface area contributed by atoms with Gasteiger partial charge in [-0.1, -0.05) is 13.0 Å². The van der Waals surface area contributed by atoms with Gasteiger partial charge in [0.2, 0.25) is 0 Å². The Morgan fingerprint density at radius 3 is 2.43 bits per heavy atom. The van der Waals surface area contributed by atoms with E-state index in [2.05, 4.69) is 11.8 Å². The van der Waals surface area contributed by atoms with Crippen molar-refractivity contribution in [2.75, 3.05) is 14.1 Å². The van der Waals surface area contributed by atoms with Crippen LogP contribution in [0.15, 0.2) is 18.2 Å². The fraction of sp³-hybridized carbons (Fsp3) is 0.647. The molecule has 0 aliphatic heterocycles. The number of nitrogens with zero attached hydrogens (tertiary/aromatic N) is 1. The van der Waals surface area contributed by atoms with Gasteiger partial charge in [0.15, 0.2) is 0 Å². The van der Waals surface area contributed by atoms with Gasteiger partial charge in [-0.05, 0) is 57.3 Å². The second-order valence-corrected chi connectivity index (χ2v) is 6.64.